The van der Waals surface area contributed by atoms with Crippen molar-refractivity contribution >= 4 is 29.2 Å². The van der Waals surface area contributed by atoms with Crippen LogP contribution in [0.5, 0.6) is 0 Å². The molecule has 184 valence electrons. The molecule has 1 aliphatic carbocycles. The van der Waals surface area contributed by atoms with Crippen molar-refractivity contribution < 1.29 is 14.3 Å². The molecule has 0 spiro atoms. The monoisotopic (exact) mass is 490 g/mol. The van der Waals surface area contributed by atoms with E-state index < -0.39 is 5.92 Å². The molecule has 1 aliphatic heterocycles. The largest absolute Gasteiger partial charge is 0.461 e. The minimum Gasteiger partial charge on any atom is -0.461 e. The third-order valence-corrected chi connectivity index (χ3v) is 7.59. The lowest BCUT2D eigenvalue weighted by Gasteiger charge is -2.36. The van der Waals surface area contributed by atoms with Crippen LogP contribution in [0.1, 0.15) is 49.7 Å². The lowest BCUT2D eigenvalue weighted by atomic mass is 9.71. The molecule has 0 fully saturated rings. The van der Waals surface area contributed by atoms with Crippen LogP contribution in [0.2, 0.25) is 0 Å². The number of rotatable bonds is 8. The van der Waals surface area contributed by atoms with Crippen molar-refractivity contribution in [2.45, 2.75) is 38.5 Å². The van der Waals surface area contributed by atoms with Gasteiger partial charge in [-0.15, -0.1) is 0 Å². The Labute approximate surface area is 212 Å². The lowest BCUT2D eigenvalue weighted by Crippen LogP contribution is -2.36. The molecule has 5 nitrogen and oxygen atoms in total. The highest BCUT2D eigenvalue weighted by Gasteiger charge is 2.41. The Kier molecular flexibility index (Phi) is 8.01. The number of Topliss-reactive ketones (excluding diaryl/α,β-unsaturated/α-hetero) is 1. The highest BCUT2D eigenvalue weighted by molar-refractivity contribution is 7.99. The molecule has 6 heteroatoms. The first-order valence-electron chi connectivity index (χ1n) is 12.2. The van der Waals surface area contributed by atoms with Gasteiger partial charge in [0.2, 0.25) is 0 Å². The fourth-order valence-electron chi connectivity index (χ4n) is 4.98. The molecule has 2 aromatic rings. The summed E-state index contributed by atoms with van der Waals surface area (Å²) in [6.45, 7) is 4.36. The van der Waals surface area contributed by atoms with E-state index in [0.717, 1.165) is 40.6 Å². The summed E-state index contributed by atoms with van der Waals surface area (Å²) in [6, 6.07) is 18.3. The maximum Gasteiger partial charge on any atom is 0.336 e. The molecule has 0 unspecified atom stereocenters. The Morgan fingerprint density at radius 3 is 2.43 bits per heavy atom. The Morgan fingerprint density at radius 2 is 1.77 bits per heavy atom. The van der Waals surface area contributed by atoms with Gasteiger partial charge in [0.25, 0.3) is 0 Å². The number of anilines is 1. The number of hydrogen-bond donors (Lipinski definition) is 1. The van der Waals surface area contributed by atoms with E-state index in [1.165, 1.54) is 5.56 Å². The number of thioether (sulfide) groups is 1. The van der Waals surface area contributed by atoms with Crippen LogP contribution in [0.4, 0.5) is 5.69 Å². The van der Waals surface area contributed by atoms with E-state index in [2.05, 4.69) is 24.4 Å². The van der Waals surface area contributed by atoms with Crippen molar-refractivity contribution in [2.75, 3.05) is 37.1 Å². The first kappa shape index (κ1) is 25.1. The second-order valence-corrected chi connectivity index (χ2v) is 10.6. The molecule has 0 amide bonds. The quantitative estimate of drug-likeness (QED) is 0.394. The Balaban J connectivity index is 1.72. The summed E-state index contributed by atoms with van der Waals surface area (Å²) in [4.78, 5) is 29.0. The molecule has 4 rings (SSSR count). The number of esters is 1. The summed E-state index contributed by atoms with van der Waals surface area (Å²) < 4.78 is 5.67. The normalized spacial score (nSPS) is 19.8. The zero-order valence-corrected chi connectivity index (χ0v) is 21.8. The molecule has 2 aromatic carbocycles. The van der Waals surface area contributed by atoms with Crippen LogP contribution < -0.4 is 10.2 Å². The van der Waals surface area contributed by atoms with Gasteiger partial charge in [0.05, 0.1) is 5.57 Å². The van der Waals surface area contributed by atoms with Gasteiger partial charge >= 0.3 is 5.97 Å². The molecule has 1 N–H and O–H groups in total. The summed E-state index contributed by atoms with van der Waals surface area (Å²) in [5, 5.41) is 3.43. The van der Waals surface area contributed by atoms with Crippen molar-refractivity contribution in [2.24, 2.45) is 0 Å². The maximum absolute atomic E-state index is 13.7. The van der Waals surface area contributed by atoms with E-state index in [9.17, 15) is 9.59 Å². The second kappa shape index (κ2) is 11.2. The molecule has 1 heterocycles. The molecule has 0 saturated heterocycles. The number of dihydropyridines is 1. The number of nitrogens with one attached hydrogen (secondary N) is 1. The zero-order chi connectivity index (χ0) is 24.9. The maximum atomic E-state index is 13.7. The van der Waals surface area contributed by atoms with Crippen LogP contribution in [0.3, 0.4) is 0 Å². The fourth-order valence-corrected chi connectivity index (χ4v) is 5.47. The van der Waals surface area contributed by atoms with Gasteiger partial charge < -0.3 is 15.0 Å². The van der Waals surface area contributed by atoms with E-state index in [-0.39, 0.29) is 17.7 Å². The average Bonchev–Trinajstić information content (AvgIpc) is 2.86. The van der Waals surface area contributed by atoms with Gasteiger partial charge in [-0.05, 0) is 48.3 Å². The first-order valence-corrected chi connectivity index (χ1v) is 13.4. The van der Waals surface area contributed by atoms with E-state index in [1.54, 1.807) is 11.8 Å². The summed E-state index contributed by atoms with van der Waals surface area (Å²) in [7, 11) is 3.99. The van der Waals surface area contributed by atoms with E-state index in [1.807, 2.05) is 68.4 Å². The Hall–Kier alpha value is -2.99. The lowest BCUT2D eigenvalue weighted by molar-refractivity contribution is -0.138. The summed E-state index contributed by atoms with van der Waals surface area (Å²) >= 11 is 1.74. The molecule has 0 bridgehead atoms. The molecule has 2 atom stereocenters. The average molecular weight is 491 g/mol. The Bertz CT molecular complexity index is 1140. The first-order chi connectivity index (χ1) is 16.9. The molecular formula is C29H34N2O3S. The van der Waals surface area contributed by atoms with Crippen LogP contribution in [-0.2, 0) is 14.3 Å². The van der Waals surface area contributed by atoms with Crippen LogP contribution in [0.25, 0.3) is 0 Å². The summed E-state index contributed by atoms with van der Waals surface area (Å²) in [6.07, 6.45) is 1.18. The van der Waals surface area contributed by atoms with Crippen molar-refractivity contribution in [1.29, 1.82) is 0 Å². The van der Waals surface area contributed by atoms with E-state index in [0.29, 0.717) is 24.2 Å². The third-order valence-electron chi connectivity index (χ3n) is 6.73. The highest BCUT2D eigenvalue weighted by Crippen LogP contribution is 2.45. The molecule has 2 aliphatic rings. The SMILES string of the molecule is CCSCCOC(=O)C1=C(C)NC2=C(C(=O)C[C@@H](c3ccccc3)C2)[C@H]1c1ccc(N(C)C)cc1. The number of carbonyl (C=O) groups is 2. The van der Waals surface area contributed by atoms with Gasteiger partial charge in [0.15, 0.2) is 5.78 Å². The number of nitrogens with zero attached hydrogens (tertiary/aromatic N) is 1. The van der Waals surface area contributed by atoms with Crippen LogP contribution in [-0.4, -0.2) is 44.0 Å². The number of benzene rings is 2. The molecule has 35 heavy (non-hydrogen) atoms. The van der Waals surface area contributed by atoms with Gasteiger partial charge in [0.1, 0.15) is 6.61 Å². The van der Waals surface area contributed by atoms with Gasteiger partial charge in [-0.25, -0.2) is 4.79 Å². The molecule has 0 radical (unpaired) electrons. The smallest absolute Gasteiger partial charge is 0.336 e. The minimum atomic E-state index is -0.432. The highest BCUT2D eigenvalue weighted by atomic mass is 32.2. The predicted molar refractivity (Wildman–Crippen MR) is 144 cm³/mol. The van der Waals surface area contributed by atoms with E-state index in [4.69, 9.17) is 4.74 Å². The van der Waals surface area contributed by atoms with Crippen LogP contribution in [0.15, 0.2) is 77.1 Å². The molecule has 0 saturated carbocycles. The number of hydrogen-bond acceptors (Lipinski definition) is 6. The summed E-state index contributed by atoms with van der Waals surface area (Å²) in [5.41, 5.74) is 6.10. The third kappa shape index (κ3) is 5.48. The number of ether oxygens (including phenoxy) is 1. The van der Waals surface area contributed by atoms with Crippen molar-refractivity contribution in [3.8, 4) is 0 Å². The van der Waals surface area contributed by atoms with Gasteiger partial charge in [-0.3, -0.25) is 4.79 Å². The predicted octanol–water partition coefficient (Wildman–Crippen LogP) is 5.41. The topological polar surface area (TPSA) is 58.6 Å². The van der Waals surface area contributed by atoms with Crippen molar-refractivity contribution in [3.05, 3.63) is 88.3 Å². The van der Waals surface area contributed by atoms with E-state index >= 15 is 0 Å². The number of allylic oxidation sites excluding steroid dienone is 3. The minimum absolute atomic E-state index is 0.0913. The number of carbonyl (C=O) groups excluding carboxylic acids is 2. The van der Waals surface area contributed by atoms with Crippen molar-refractivity contribution in [3.63, 3.8) is 0 Å². The fraction of sp³-hybridized carbons (Fsp3) is 0.379. The van der Waals surface area contributed by atoms with Gasteiger partial charge in [-0.2, -0.15) is 11.8 Å². The van der Waals surface area contributed by atoms with Crippen LogP contribution in [0, 0.1) is 0 Å². The van der Waals surface area contributed by atoms with Crippen molar-refractivity contribution in [1.82, 2.24) is 5.32 Å². The molecular weight excluding hydrogens is 456 g/mol. The summed E-state index contributed by atoms with van der Waals surface area (Å²) in [5.74, 6) is 1.17. The number of ketones is 1. The van der Waals surface area contributed by atoms with Gasteiger partial charge in [0, 0.05) is 54.8 Å². The molecule has 0 aromatic heterocycles. The Morgan fingerprint density at radius 1 is 1.06 bits per heavy atom. The van der Waals surface area contributed by atoms with Crippen LogP contribution >= 0.6 is 11.8 Å². The zero-order valence-electron chi connectivity index (χ0n) is 21.0. The second-order valence-electron chi connectivity index (χ2n) is 9.25. The van der Waals surface area contributed by atoms with Gasteiger partial charge in [-0.1, -0.05) is 49.4 Å². The standard InChI is InChI=1S/C29H34N2O3S/c1-5-35-16-15-34-29(33)26-19(2)30-24-17-22(20-9-7-6-8-10-20)18-25(32)28(24)27(26)21-11-13-23(14-12-21)31(3)4/h6-14,22,27,30H,5,15-18H2,1-4H3/t22-,27-/m0/s1.